The lowest BCUT2D eigenvalue weighted by atomic mass is 10.1. The summed E-state index contributed by atoms with van der Waals surface area (Å²) in [4.78, 5) is 25.8. The molecule has 3 rings (SSSR count). The summed E-state index contributed by atoms with van der Waals surface area (Å²) >= 11 is 0. The monoisotopic (exact) mass is 406 g/mol. The van der Waals surface area contributed by atoms with Gasteiger partial charge in [0.25, 0.3) is 5.91 Å². The predicted molar refractivity (Wildman–Crippen MR) is 100.0 cm³/mol. The molecule has 1 aromatic heterocycles. The summed E-state index contributed by atoms with van der Waals surface area (Å²) in [6.07, 6.45) is 0. The molecule has 9 nitrogen and oxygen atoms in total. The Balaban J connectivity index is 1.82. The second-order valence-electron chi connectivity index (χ2n) is 6.68. The van der Waals surface area contributed by atoms with Crippen LogP contribution >= 0.6 is 0 Å². The van der Waals surface area contributed by atoms with Crippen molar-refractivity contribution >= 4 is 21.8 Å². The normalized spacial score (nSPS) is 15.3. The smallest absolute Gasteiger partial charge is 0.253 e. The van der Waals surface area contributed by atoms with Crippen molar-refractivity contribution in [3.63, 3.8) is 0 Å². The molecular formula is C18H22N4O5S. The van der Waals surface area contributed by atoms with Crippen molar-refractivity contribution in [2.24, 2.45) is 0 Å². The maximum absolute atomic E-state index is 12.8. The van der Waals surface area contributed by atoms with Crippen LogP contribution in [0.5, 0.6) is 0 Å². The number of amides is 2. The van der Waals surface area contributed by atoms with Crippen LogP contribution in [0.25, 0.3) is 0 Å². The number of piperazine rings is 1. The van der Waals surface area contributed by atoms with Crippen LogP contribution in [0.1, 0.15) is 27.4 Å². The van der Waals surface area contributed by atoms with Gasteiger partial charge < -0.3 is 14.7 Å². The highest BCUT2D eigenvalue weighted by atomic mass is 32.2. The number of carbonyl (C=O) groups is 2. The van der Waals surface area contributed by atoms with Crippen LogP contribution in [0.3, 0.4) is 0 Å². The number of aryl methyl sites for hydroxylation is 2. The quantitative estimate of drug-likeness (QED) is 0.781. The van der Waals surface area contributed by atoms with E-state index >= 15 is 0 Å². The second-order valence-corrected chi connectivity index (χ2v) is 8.62. The average Bonchev–Trinajstić information content (AvgIpc) is 2.99. The van der Waals surface area contributed by atoms with Gasteiger partial charge in [0.15, 0.2) is 0 Å². The van der Waals surface area contributed by atoms with E-state index in [0.29, 0.717) is 18.0 Å². The highest BCUT2D eigenvalue weighted by Gasteiger charge is 2.29. The Morgan fingerprint density at radius 1 is 1.36 bits per heavy atom. The maximum atomic E-state index is 12.8. The number of carbonyl (C=O) groups excluding carboxylic acids is 2. The van der Waals surface area contributed by atoms with Crippen LogP contribution in [-0.4, -0.2) is 61.3 Å². The summed E-state index contributed by atoms with van der Waals surface area (Å²) in [5, 5.41) is 6.47. The lowest BCUT2D eigenvalue weighted by Crippen LogP contribution is -2.49. The van der Waals surface area contributed by atoms with Crippen LogP contribution in [0, 0.1) is 13.8 Å². The first-order valence-corrected chi connectivity index (χ1v) is 10.2. The molecule has 10 heteroatoms. The fourth-order valence-corrected chi connectivity index (χ4v) is 4.46. The van der Waals surface area contributed by atoms with E-state index in [-0.39, 0.29) is 41.9 Å². The average molecular weight is 406 g/mol. The first-order chi connectivity index (χ1) is 13.2. The van der Waals surface area contributed by atoms with Gasteiger partial charge in [-0.3, -0.25) is 9.59 Å². The Bertz CT molecular complexity index is 995. The van der Waals surface area contributed by atoms with Gasteiger partial charge in [0.1, 0.15) is 5.76 Å². The van der Waals surface area contributed by atoms with Crippen molar-refractivity contribution in [2.75, 3.05) is 26.7 Å². The molecule has 0 spiro atoms. The molecule has 0 saturated carbocycles. The topological polar surface area (TPSA) is 113 Å². The minimum atomic E-state index is -3.86. The molecule has 150 valence electrons. The van der Waals surface area contributed by atoms with E-state index in [1.165, 1.54) is 23.1 Å². The molecule has 0 radical (unpaired) electrons. The summed E-state index contributed by atoms with van der Waals surface area (Å²) < 4.78 is 31.9. The Morgan fingerprint density at radius 2 is 2.11 bits per heavy atom. The van der Waals surface area contributed by atoms with Crippen molar-refractivity contribution in [1.82, 2.24) is 19.7 Å². The highest BCUT2D eigenvalue weighted by molar-refractivity contribution is 7.89. The second kappa shape index (κ2) is 7.72. The SMILES string of the molecule is Cc1noc(C)c1CN(C)C(=O)c1cccc(S(=O)(=O)N2CCNC(=O)C2)c1. The number of nitrogens with one attached hydrogen (secondary N) is 1. The third kappa shape index (κ3) is 3.92. The van der Waals surface area contributed by atoms with Gasteiger partial charge in [0.05, 0.1) is 23.7 Å². The van der Waals surface area contributed by atoms with E-state index in [1.807, 2.05) is 0 Å². The van der Waals surface area contributed by atoms with E-state index < -0.39 is 10.0 Å². The van der Waals surface area contributed by atoms with Crippen LogP contribution in [-0.2, 0) is 21.4 Å². The molecule has 28 heavy (non-hydrogen) atoms. The van der Waals surface area contributed by atoms with Gasteiger partial charge >= 0.3 is 0 Å². The molecule has 0 unspecified atom stereocenters. The molecule has 0 atom stereocenters. The standard InChI is InChI=1S/C18H22N4O5S/c1-12-16(13(2)27-20-12)10-21(3)18(24)14-5-4-6-15(9-14)28(25,26)22-8-7-19-17(23)11-22/h4-6,9H,7-8,10-11H2,1-3H3,(H,19,23). The van der Waals surface area contributed by atoms with E-state index in [1.54, 1.807) is 27.0 Å². The van der Waals surface area contributed by atoms with E-state index in [9.17, 15) is 18.0 Å². The molecule has 2 amide bonds. The van der Waals surface area contributed by atoms with Crippen LogP contribution < -0.4 is 5.32 Å². The number of hydrogen-bond acceptors (Lipinski definition) is 6. The minimum Gasteiger partial charge on any atom is -0.361 e. The summed E-state index contributed by atoms with van der Waals surface area (Å²) in [6.45, 7) is 4.09. The Morgan fingerprint density at radius 3 is 2.75 bits per heavy atom. The third-order valence-electron chi connectivity index (χ3n) is 4.65. The zero-order chi connectivity index (χ0) is 20.5. The molecule has 2 heterocycles. The first-order valence-electron chi connectivity index (χ1n) is 8.74. The molecule has 0 aliphatic carbocycles. The zero-order valence-electron chi connectivity index (χ0n) is 15.9. The van der Waals surface area contributed by atoms with E-state index in [4.69, 9.17) is 4.52 Å². The molecule has 1 aliphatic heterocycles. The third-order valence-corrected chi connectivity index (χ3v) is 6.49. The minimum absolute atomic E-state index is 0.0150. The number of nitrogens with zero attached hydrogens (tertiary/aromatic N) is 3. The van der Waals surface area contributed by atoms with Gasteiger partial charge in [-0.25, -0.2) is 8.42 Å². The fraction of sp³-hybridized carbons (Fsp3) is 0.389. The molecule has 1 N–H and O–H groups in total. The number of rotatable bonds is 5. The molecule has 1 fully saturated rings. The molecular weight excluding hydrogens is 384 g/mol. The summed E-state index contributed by atoms with van der Waals surface area (Å²) in [7, 11) is -2.23. The van der Waals surface area contributed by atoms with Gasteiger partial charge in [-0.2, -0.15) is 4.31 Å². The lowest BCUT2D eigenvalue weighted by Gasteiger charge is -2.26. The van der Waals surface area contributed by atoms with Crippen molar-refractivity contribution < 1.29 is 22.5 Å². The number of sulfonamides is 1. The Kier molecular flexibility index (Phi) is 5.52. The summed E-state index contributed by atoms with van der Waals surface area (Å²) in [5.41, 5.74) is 1.77. The van der Waals surface area contributed by atoms with Gasteiger partial charge in [-0.15, -0.1) is 0 Å². The van der Waals surface area contributed by atoms with E-state index in [2.05, 4.69) is 10.5 Å². The Labute approximate surface area is 163 Å². The van der Waals surface area contributed by atoms with Crippen LogP contribution in [0.15, 0.2) is 33.7 Å². The number of hydrogen-bond donors (Lipinski definition) is 1. The zero-order valence-corrected chi connectivity index (χ0v) is 16.7. The highest BCUT2D eigenvalue weighted by Crippen LogP contribution is 2.20. The summed E-state index contributed by atoms with van der Waals surface area (Å²) in [5.74, 6) is -0.0356. The van der Waals surface area contributed by atoms with Crippen molar-refractivity contribution in [1.29, 1.82) is 0 Å². The number of benzene rings is 1. The van der Waals surface area contributed by atoms with Gasteiger partial charge in [0, 0.05) is 31.3 Å². The Hall–Kier alpha value is -2.72. The number of aromatic nitrogens is 1. The maximum Gasteiger partial charge on any atom is 0.253 e. The fourth-order valence-electron chi connectivity index (χ4n) is 3.02. The van der Waals surface area contributed by atoms with Gasteiger partial charge in [-0.1, -0.05) is 11.2 Å². The molecule has 1 saturated heterocycles. The largest absolute Gasteiger partial charge is 0.361 e. The van der Waals surface area contributed by atoms with Crippen molar-refractivity contribution in [3.8, 4) is 0 Å². The van der Waals surface area contributed by atoms with E-state index in [0.717, 1.165) is 9.87 Å². The lowest BCUT2D eigenvalue weighted by molar-refractivity contribution is -0.122. The molecule has 1 aliphatic rings. The van der Waals surface area contributed by atoms with Crippen LogP contribution in [0.4, 0.5) is 0 Å². The summed E-state index contributed by atoms with van der Waals surface area (Å²) in [6, 6.07) is 5.85. The molecule has 0 bridgehead atoms. The van der Waals surface area contributed by atoms with Gasteiger partial charge in [0.2, 0.25) is 15.9 Å². The molecule has 1 aromatic carbocycles. The van der Waals surface area contributed by atoms with Gasteiger partial charge in [-0.05, 0) is 32.0 Å². The first kappa shape index (κ1) is 20.0. The van der Waals surface area contributed by atoms with Crippen LogP contribution in [0.2, 0.25) is 0 Å². The van der Waals surface area contributed by atoms with Crippen molar-refractivity contribution in [3.05, 3.63) is 46.8 Å². The van der Waals surface area contributed by atoms with Crippen molar-refractivity contribution in [2.45, 2.75) is 25.3 Å². The predicted octanol–water partition coefficient (Wildman–Crippen LogP) is 0.684. The molecule has 2 aromatic rings.